The zero-order valence-corrected chi connectivity index (χ0v) is 17.3. The van der Waals surface area contributed by atoms with Crippen molar-refractivity contribution in [2.45, 2.75) is 33.7 Å². The number of hydrogen-bond donors (Lipinski definition) is 1. The third kappa shape index (κ3) is 2.99. The number of nitrogens with zero attached hydrogens (tertiary/aromatic N) is 4. The van der Waals surface area contributed by atoms with Gasteiger partial charge in [0, 0.05) is 24.0 Å². The summed E-state index contributed by atoms with van der Waals surface area (Å²) in [6, 6.07) is 8.38. The van der Waals surface area contributed by atoms with Gasteiger partial charge >= 0.3 is 5.97 Å². The fourth-order valence-corrected chi connectivity index (χ4v) is 4.22. The third-order valence-corrected chi connectivity index (χ3v) is 5.74. The summed E-state index contributed by atoms with van der Waals surface area (Å²) in [5, 5.41) is 13.8. The maximum atomic E-state index is 12.9. The maximum absolute atomic E-state index is 12.9. The Morgan fingerprint density at radius 2 is 2.00 bits per heavy atom. The minimum atomic E-state index is -1.05. The molecule has 5 rings (SSSR count). The molecule has 8 nitrogen and oxygen atoms in total. The summed E-state index contributed by atoms with van der Waals surface area (Å²) >= 11 is 0. The van der Waals surface area contributed by atoms with Gasteiger partial charge in [-0.25, -0.2) is 9.78 Å². The molecule has 0 saturated carbocycles. The van der Waals surface area contributed by atoms with Crippen molar-refractivity contribution in [3.8, 4) is 5.82 Å². The lowest BCUT2D eigenvalue weighted by Gasteiger charge is -2.07. The SMILES string of the molecule is Cc1cc(-n2c(C)cc(/C=C3\CCn4c3nc3cc(C(=O)O)ccc3c4=O)c2C)no1. The Bertz CT molecular complexity index is 1470. The number of hydrogen-bond acceptors (Lipinski definition) is 5. The van der Waals surface area contributed by atoms with Gasteiger partial charge in [-0.05, 0) is 68.7 Å². The predicted molar refractivity (Wildman–Crippen MR) is 115 cm³/mol. The van der Waals surface area contributed by atoms with Gasteiger partial charge in [0.05, 0.1) is 16.5 Å². The summed E-state index contributed by atoms with van der Waals surface area (Å²) in [5.74, 6) is 1.01. The van der Waals surface area contributed by atoms with Crippen molar-refractivity contribution in [2.75, 3.05) is 0 Å². The molecule has 0 bridgehead atoms. The van der Waals surface area contributed by atoms with E-state index in [1.54, 1.807) is 4.57 Å². The lowest BCUT2D eigenvalue weighted by molar-refractivity contribution is 0.0697. The van der Waals surface area contributed by atoms with Gasteiger partial charge in [0.15, 0.2) is 5.82 Å². The maximum Gasteiger partial charge on any atom is 0.335 e. The molecule has 1 aromatic carbocycles. The van der Waals surface area contributed by atoms with Gasteiger partial charge in [-0.2, -0.15) is 0 Å². The average Bonchev–Trinajstić information content (AvgIpc) is 3.40. The van der Waals surface area contributed by atoms with Gasteiger partial charge in [0.1, 0.15) is 11.6 Å². The number of carbonyl (C=O) groups is 1. The lowest BCUT2D eigenvalue weighted by Crippen LogP contribution is -2.21. The van der Waals surface area contributed by atoms with Crippen LogP contribution in [0, 0.1) is 20.8 Å². The molecule has 1 aliphatic rings. The Morgan fingerprint density at radius 1 is 1.19 bits per heavy atom. The Labute approximate surface area is 177 Å². The quantitative estimate of drug-likeness (QED) is 0.546. The Morgan fingerprint density at radius 3 is 2.71 bits per heavy atom. The number of carboxylic acids is 1. The molecule has 1 N–H and O–H groups in total. The molecule has 0 spiro atoms. The Hall–Kier alpha value is -3.94. The van der Waals surface area contributed by atoms with E-state index in [4.69, 9.17) is 4.52 Å². The standard InChI is InChI=1S/C23H20N4O4/c1-12-8-17(14(3)27(12)20-9-13(2)31-25-20)10-15-6-7-26-21(15)24-19-11-16(23(29)30)4-5-18(19)22(26)28/h4-5,8-11H,6-7H2,1-3H3,(H,29,30)/b15-10+. The van der Waals surface area contributed by atoms with Crippen LogP contribution in [-0.4, -0.2) is 30.4 Å². The molecule has 1 aliphatic heterocycles. The normalized spacial score (nSPS) is 14.5. The molecular weight excluding hydrogens is 396 g/mol. The number of benzene rings is 1. The van der Waals surface area contributed by atoms with Crippen LogP contribution in [0.4, 0.5) is 0 Å². The van der Waals surface area contributed by atoms with Crippen LogP contribution in [-0.2, 0) is 6.54 Å². The molecule has 0 atom stereocenters. The van der Waals surface area contributed by atoms with E-state index in [1.165, 1.54) is 18.2 Å². The van der Waals surface area contributed by atoms with E-state index in [1.807, 2.05) is 37.5 Å². The van der Waals surface area contributed by atoms with Crippen LogP contribution in [0.3, 0.4) is 0 Å². The molecule has 0 unspecified atom stereocenters. The van der Waals surface area contributed by atoms with Crippen molar-refractivity contribution in [2.24, 2.45) is 0 Å². The van der Waals surface area contributed by atoms with Crippen molar-refractivity contribution in [3.05, 3.63) is 74.8 Å². The van der Waals surface area contributed by atoms with Crippen LogP contribution in [0.25, 0.3) is 28.4 Å². The molecule has 0 radical (unpaired) electrons. The second kappa shape index (κ2) is 6.80. The van der Waals surface area contributed by atoms with Crippen molar-refractivity contribution in [3.63, 3.8) is 0 Å². The molecule has 4 aromatic rings. The van der Waals surface area contributed by atoms with Crippen LogP contribution in [0.1, 0.15) is 45.3 Å². The number of aromatic nitrogens is 4. The first kappa shape index (κ1) is 19.0. The summed E-state index contributed by atoms with van der Waals surface area (Å²) in [5.41, 5.74) is 4.33. The summed E-state index contributed by atoms with van der Waals surface area (Å²) in [7, 11) is 0. The highest BCUT2D eigenvalue weighted by Crippen LogP contribution is 2.30. The van der Waals surface area contributed by atoms with Crippen LogP contribution in [0.5, 0.6) is 0 Å². The first-order valence-corrected chi connectivity index (χ1v) is 9.95. The van der Waals surface area contributed by atoms with Crippen LogP contribution in [0.2, 0.25) is 0 Å². The minimum Gasteiger partial charge on any atom is -0.478 e. The number of carboxylic acid groups (broad SMARTS) is 1. The number of rotatable bonds is 3. The number of fused-ring (bicyclic) bond motifs is 2. The van der Waals surface area contributed by atoms with Crippen molar-refractivity contribution < 1.29 is 14.4 Å². The van der Waals surface area contributed by atoms with E-state index in [9.17, 15) is 14.7 Å². The molecule has 31 heavy (non-hydrogen) atoms. The van der Waals surface area contributed by atoms with Crippen LogP contribution < -0.4 is 5.56 Å². The summed E-state index contributed by atoms with van der Waals surface area (Å²) in [4.78, 5) is 28.9. The average molecular weight is 416 g/mol. The number of aryl methyl sites for hydroxylation is 2. The van der Waals surface area contributed by atoms with E-state index < -0.39 is 5.97 Å². The third-order valence-electron chi connectivity index (χ3n) is 5.74. The van der Waals surface area contributed by atoms with Gasteiger partial charge in [0.25, 0.3) is 5.56 Å². The summed E-state index contributed by atoms with van der Waals surface area (Å²) < 4.78 is 8.91. The largest absolute Gasteiger partial charge is 0.478 e. The van der Waals surface area contributed by atoms with Crippen LogP contribution in [0.15, 0.2) is 39.6 Å². The van der Waals surface area contributed by atoms with Crippen molar-refractivity contribution in [1.29, 1.82) is 0 Å². The summed E-state index contributed by atoms with van der Waals surface area (Å²) in [6.45, 7) is 6.42. The molecule has 0 amide bonds. The van der Waals surface area contributed by atoms with Crippen molar-refractivity contribution in [1.82, 2.24) is 19.3 Å². The zero-order chi connectivity index (χ0) is 21.9. The lowest BCUT2D eigenvalue weighted by atomic mass is 10.1. The highest BCUT2D eigenvalue weighted by molar-refractivity contribution is 5.93. The number of allylic oxidation sites excluding steroid dienone is 1. The fraction of sp³-hybridized carbons (Fsp3) is 0.217. The molecule has 0 aliphatic carbocycles. The minimum absolute atomic E-state index is 0.110. The Balaban J connectivity index is 1.64. The summed E-state index contributed by atoms with van der Waals surface area (Å²) in [6.07, 6.45) is 2.72. The Kier molecular flexibility index (Phi) is 4.18. The highest BCUT2D eigenvalue weighted by Gasteiger charge is 2.22. The van der Waals surface area contributed by atoms with E-state index >= 15 is 0 Å². The van der Waals surface area contributed by atoms with Crippen LogP contribution >= 0.6 is 0 Å². The number of aromatic carboxylic acids is 1. The monoisotopic (exact) mass is 416 g/mol. The van der Waals surface area contributed by atoms with Gasteiger partial charge in [-0.3, -0.25) is 13.9 Å². The molecule has 3 aromatic heterocycles. The van der Waals surface area contributed by atoms with E-state index in [0.29, 0.717) is 29.7 Å². The molecule has 0 saturated heterocycles. The zero-order valence-electron chi connectivity index (χ0n) is 17.3. The molecule has 156 valence electrons. The smallest absolute Gasteiger partial charge is 0.335 e. The second-order valence-corrected chi connectivity index (χ2v) is 7.81. The van der Waals surface area contributed by atoms with Gasteiger partial charge in [-0.15, -0.1) is 0 Å². The van der Waals surface area contributed by atoms with Crippen molar-refractivity contribution >= 4 is 28.5 Å². The first-order chi connectivity index (χ1) is 14.8. The highest BCUT2D eigenvalue weighted by atomic mass is 16.5. The molecule has 0 fully saturated rings. The van der Waals surface area contributed by atoms with E-state index in [-0.39, 0.29) is 11.1 Å². The van der Waals surface area contributed by atoms with Gasteiger partial charge in [0.2, 0.25) is 0 Å². The predicted octanol–water partition coefficient (Wildman–Crippen LogP) is 3.74. The van der Waals surface area contributed by atoms with Gasteiger partial charge < -0.3 is 9.63 Å². The van der Waals surface area contributed by atoms with E-state index in [0.717, 1.165) is 34.1 Å². The molecular formula is C23H20N4O4. The van der Waals surface area contributed by atoms with Gasteiger partial charge in [-0.1, -0.05) is 5.16 Å². The van der Waals surface area contributed by atoms with E-state index in [2.05, 4.69) is 16.2 Å². The molecule has 8 heteroatoms. The molecule has 4 heterocycles. The fourth-order valence-electron chi connectivity index (χ4n) is 4.22. The first-order valence-electron chi connectivity index (χ1n) is 9.95. The topological polar surface area (TPSA) is 103 Å². The second-order valence-electron chi connectivity index (χ2n) is 7.81.